The van der Waals surface area contributed by atoms with E-state index >= 15 is 0 Å². The summed E-state index contributed by atoms with van der Waals surface area (Å²) in [4.78, 5) is 20.6. The van der Waals surface area contributed by atoms with Crippen LogP contribution in [0.1, 0.15) is 26.2 Å². The van der Waals surface area contributed by atoms with Gasteiger partial charge in [0.1, 0.15) is 4.60 Å². The van der Waals surface area contributed by atoms with Crippen LogP contribution in [-0.4, -0.2) is 29.0 Å². The molecule has 0 spiro atoms. The molecule has 1 amide bonds. The Morgan fingerprint density at radius 2 is 2.17 bits per heavy atom. The Morgan fingerprint density at radius 3 is 2.72 bits per heavy atom. The Bertz CT molecular complexity index is 415. The lowest BCUT2D eigenvalue weighted by molar-refractivity contribution is -0.127. The Labute approximate surface area is 115 Å². The van der Waals surface area contributed by atoms with Crippen LogP contribution in [0.15, 0.2) is 17.0 Å². The van der Waals surface area contributed by atoms with E-state index in [1.165, 1.54) is 0 Å². The number of anilines is 1. The molecule has 0 aliphatic carbocycles. The van der Waals surface area contributed by atoms with Gasteiger partial charge in [0.25, 0.3) is 0 Å². The fourth-order valence-corrected chi connectivity index (χ4v) is 2.48. The first kappa shape index (κ1) is 13.4. The summed E-state index contributed by atoms with van der Waals surface area (Å²) in [6.45, 7) is 3.86. The molecule has 2 N–H and O–H groups in total. The average molecular weight is 313 g/mol. The standard InChI is InChI=1S/C12H17BrN4O/c1-2-12(3-5-14-6-4-12)11(18)17-10-8-15-9(13)7-16-10/h7-8,14H,2-6H2,1H3,(H,16,17,18). The molecule has 0 atom stereocenters. The number of nitrogens with one attached hydrogen (secondary N) is 2. The van der Waals surface area contributed by atoms with Crippen LogP contribution >= 0.6 is 15.9 Å². The lowest BCUT2D eigenvalue weighted by Crippen LogP contribution is -2.44. The molecule has 98 valence electrons. The topological polar surface area (TPSA) is 66.9 Å². The van der Waals surface area contributed by atoms with Gasteiger partial charge in [-0.25, -0.2) is 9.97 Å². The van der Waals surface area contributed by atoms with Crippen LogP contribution in [0.5, 0.6) is 0 Å². The minimum atomic E-state index is -0.264. The third kappa shape index (κ3) is 2.87. The van der Waals surface area contributed by atoms with E-state index in [1.807, 2.05) is 0 Å². The smallest absolute Gasteiger partial charge is 0.231 e. The van der Waals surface area contributed by atoms with Gasteiger partial charge in [-0.1, -0.05) is 6.92 Å². The van der Waals surface area contributed by atoms with E-state index in [1.54, 1.807) is 12.4 Å². The number of hydrogen-bond acceptors (Lipinski definition) is 4. The molecule has 0 saturated carbocycles. The Balaban J connectivity index is 2.07. The number of aromatic nitrogens is 2. The van der Waals surface area contributed by atoms with E-state index in [9.17, 15) is 4.79 Å². The highest BCUT2D eigenvalue weighted by atomic mass is 79.9. The first-order valence-corrected chi connectivity index (χ1v) is 6.95. The number of piperidine rings is 1. The molecule has 1 aliphatic rings. The average Bonchev–Trinajstić information content (AvgIpc) is 2.42. The Kier molecular flexibility index (Phi) is 4.29. The van der Waals surface area contributed by atoms with Crippen LogP contribution in [0.3, 0.4) is 0 Å². The van der Waals surface area contributed by atoms with E-state index in [4.69, 9.17) is 0 Å². The maximum atomic E-state index is 12.4. The van der Waals surface area contributed by atoms with E-state index in [2.05, 4.69) is 43.5 Å². The number of halogens is 1. The van der Waals surface area contributed by atoms with Crippen molar-refractivity contribution in [2.24, 2.45) is 5.41 Å². The zero-order valence-electron chi connectivity index (χ0n) is 10.4. The van der Waals surface area contributed by atoms with Crippen molar-refractivity contribution in [2.75, 3.05) is 18.4 Å². The van der Waals surface area contributed by atoms with Crippen molar-refractivity contribution < 1.29 is 4.79 Å². The van der Waals surface area contributed by atoms with Crippen molar-refractivity contribution >= 4 is 27.7 Å². The van der Waals surface area contributed by atoms with Gasteiger partial charge in [-0.05, 0) is 48.3 Å². The van der Waals surface area contributed by atoms with Gasteiger partial charge in [0.05, 0.1) is 17.8 Å². The summed E-state index contributed by atoms with van der Waals surface area (Å²) in [7, 11) is 0. The quantitative estimate of drug-likeness (QED) is 0.895. The highest BCUT2D eigenvalue weighted by molar-refractivity contribution is 9.10. The molecule has 0 aromatic carbocycles. The number of amides is 1. The molecule has 18 heavy (non-hydrogen) atoms. The molecule has 1 saturated heterocycles. The zero-order chi connectivity index (χ0) is 13.0. The lowest BCUT2D eigenvalue weighted by atomic mass is 9.76. The van der Waals surface area contributed by atoms with Crippen molar-refractivity contribution in [3.05, 3.63) is 17.0 Å². The maximum Gasteiger partial charge on any atom is 0.231 e. The fourth-order valence-electron chi connectivity index (χ4n) is 2.27. The third-order valence-corrected chi connectivity index (χ3v) is 3.99. The summed E-state index contributed by atoms with van der Waals surface area (Å²) in [6.07, 6.45) is 5.74. The zero-order valence-corrected chi connectivity index (χ0v) is 12.0. The molecule has 2 rings (SSSR count). The van der Waals surface area contributed by atoms with Gasteiger partial charge in [0.15, 0.2) is 5.82 Å². The normalized spacial score (nSPS) is 18.3. The summed E-state index contributed by atoms with van der Waals surface area (Å²) in [5, 5.41) is 6.16. The number of carbonyl (C=O) groups is 1. The molecule has 0 unspecified atom stereocenters. The highest BCUT2D eigenvalue weighted by Crippen LogP contribution is 2.33. The highest BCUT2D eigenvalue weighted by Gasteiger charge is 2.37. The minimum Gasteiger partial charge on any atom is -0.317 e. The maximum absolute atomic E-state index is 12.4. The second kappa shape index (κ2) is 5.75. The van der Waals surface area contributed by atoms with Gasteiger partial charge in [-0.2, -0.15) is 0 Å². The van der Waals surface area contributed by atoms with Gasteiger partial charge >= 0.3 is 0 Å². The Hall–Kier alpha value is -1.01. The van der Waals surface area contributed by atoms with Crippen LogP contribution in [-0.2, 0) is 4.79 Å². The van der Waals surface area contributed by atoms with Crippen molar-refractivity contribution in [1.29, 1.82) is 0 Å². The van der Waals surface area contributed by atoms with E-state index in [0.717, 1.165) is 32.4 Å². The molecular formula is C12H17BrN4O. The van der Waals surface area contributed by atoms with Crippen LogP contribution in [0.4, 0.5) is 5.82 Å². The molecule has 6 heteroatoms. The number of carbonyl (C=O) groups excluding carboxylic acids is 1. The summed E-state index contributed by atoms with van der Waals surface area (Å²) in [6, 6.07) is 0. The predicted octanol–water partition coefficient (Wildman–Crippen LogP) is 1.96. The fraction of sp³-hybridized carbons (Fsp3) is 0.583. The molecule has 1 aromatic rings. The third-order valence-electron chi connectivity index (χ3n) is 3.58. The molecule has 0 bridgehead atoms. The molecule has 2 heterocycles. The van der Waals surface area contributed by atoms with Crippen LogP contribution in [0.25, 0.3) is 0 Å². The summed E-state index contributed by atoms with van der Waals surface area (Å²) in [5.41, 5.74) is -0.264. The van der Waals surface area contributed by atoms with Gasteiger partial charge in [0.2, 0.25) is 5.91 Å². The lowest BCUT2D eigenvalue weighted by Gasteiger charge is -2.35. The second-order valence-electron chi connectivity index (χ2n) is 4.56. The van der Waals surface area contributed by atoms with Crippen LogP contribution < -0.4 is 10.6 Å². The van der Waals surface area contributed by atoms with E-state index < -0.39 is 0 Å². The van der Waals surface area contributed by atoms with Crippen LogP contribution in [0.2, 0.25) is 0 Å². The molecule has 5 nitrogen and oxygen atoms in total. The number of nitrogens with zero attached hydrogens (tertiary/aromatic N) is 2. The summed E-state index contributed by atoms with van der Waals surface area (Å²) < 4.78 is 0.660. The van der Waals surface area contributed by atoms with Gasteiger partial charge in [-0.15, -0.1) is 0 Å². The molecule has 1 aliphatic heterocycles. The predicted molar refractivity (Wildman–Crippen MR) is 73.2 cm³/mol. The molecule has 0 radical (unpaired) electrons. The molecule has 1 fully saturated rings. The molecular weight excluding hydrogens is 296 g/mol. The second-order valence-corrected chi connectivity index (χ2v) is 5.37. The van der Waals surface area contributed by atoms with E-state index in [-0.39, 0.29) is 11.3 Å². The van der Waals surface area contributed by atoms with Crippen LogP contribution in [0, 0.1) is 5.41 Å². The first-order chi connectivity index (χ1) is 8.66. The molecule has 1 aromatic heterocycles. The van der Waals surface area contributed by atoms with E-state index in [0.29, 0.717) is 10.4 Å². The van der Waals surface area contributed by atoms with Gasteiger partial charge in [-0.3, -0.25) is 4.79 Å². The van der Waals surface area contributed by atoms with Crippen molar-refractivity contribution in [2.45, 2.75) is 26.2 Å². The first-order valence-electron chi connectivity index (χ1n) is 6.16. The number of rotatable bonds is 3. The monoisotopic (exact) mass is 312 g/mol. The van der Waals surface area contributed by atoms with Crippen molar-refractivity contribution in [3.63, 3.8) is 0 Å². The number of hydrogen-bond donors (Lipinski definition) is 2. The summed E-state index contributed by atoms with van der Waals surface area (Å²) >= 11 is 3.22. The van der Waals surface area contributed by atoms with Crippen molar-refractivity contribution in [1.82, 2.24) is 15.3 Å². The minimum absolute atomic E-state index is 0.0584. The summed E-state index contributed by atoms with van der Waals surface area (Å²) in [5.74, 6) is 0.567. The van der Waals surface area contributed by atoms with Gasteiger partial charge < -0.3 is 10.6 Å². The Morgan fingerprint density at radius 1 is 1.44 bits per heavy atom. The van der Waals surface area contributed by atoms with Crippen molar-refractivity contribution in [3.8, 4) is 0 Å². The SMILES string of the molecule is CCC1(C(=O)Nc2cnc(Br)cn2)CCNCC1. The van der Waals surface area contributed by atoms with Gasteiger partial charge in [0, 0.05) is 0 Å². The largest absolute Gasteiger partial charge is 0.317 e.